The number of methoxy groups -OCH3 is 1. The van der Waals surface area contributed by atoms with Gasteiger partial charge in [-0.1, -0.05) is 36.4 Å². The van der Waals surface area contributed by atoms with Gasteiger partial charge in [-0.3, -0.25) is 4.79 Å². The number of fused-ring (bicyclic) bond motifs is 3. The molecule has 0 radical (unpaired) electrons. The summed E-state index contributed by atoms with van der Waals surface area (Å²) in [5, 5.41) is 0. The van der Waals surface area contributed by atoms with Crippen LogP contribution in [0.25, 0.3) is 6.08 Å². The maximum Gasteiger partial charge on any atom is 0.259 e. The van der Waals surface area contributed by atoms with E-state index in [1.165, 1.54) is 16.7 Å². The van der Waals surface area contributed by atoms with E-state index in [1.54, 1.807) is 7.11 Å². The highest BCUT2D eigenvalue weighted by atomic mass is 16.5. The summed E-state index contributed by atoms with van der Waals surface area (Å²) in [6.45, 7) is 1.52. The number of amides is 1. The van der Waals surface area contributed by atoms with E-state index < -0.39 is 0 Å². The number of nitrogens with zero attached hydrogens (tertiary/aromatic N) is 2. The van der Waals surface area contributed by atoms with E-state index in [9.17, 15) is 4.79 Å². The maximum absolute atomic E-state index is 13.2. The monoisotopic (exact) mass is 360 g/mol. The topological polar surface area (TPSA) is 42.4 Å². The Bertz CT molecular complexity index is 939. The highest BCUT2D eigenvalue weighted by molar-refractivity contribution is 5.96. The van der Waals surface area contributed by atoms with Gasteiger partial charge in [-0.25, -0.2) is 4.98 Å². The molecule has 1 aliphatic heterocycles. The molecule has 0 atom stereocenters. The molecule has 5 rings (SSSR count). The molecular weight excluding hydrogens is 336 g/mol. The van der Waals surface area contributed by atoms with Crippen LogP contribution in [0.5, 0.6) is 5.88 Å². The first-order valence-electron chi connectivity index (χ1n) is 9.85. The van der Waals surface area contributed by atoms with E-state index >= 15 is 0 Å². The zero-order valence-electron chi connectivity index (χ0n) is 15.7. The van der Waals surface area contributed by atoms with Gasteiger partial charge >= 0.3 is 0 Å². The summed E-state index contributed by atoms with van der Waals surface area (Å²) in [5.41, 5.74) is 5.74. The van der Waals surface area contributed by atoms with Crippen molar-refractivity contribution < 1.29 is 9.53 Å². The van der Waals surface area contributed by atoms with Crippen molar-refractivity contribution in [3.8, 4) is 5.88 Å². The van der Waals surface area contributed by atoms with Crippen LogP contribution >= 0.6 is 0 Å². The molecule has 4 nitrogen and oxygen atoms in total. The first kappa shape index (κ1) is 16.5. The molecule has 1 aromatic heterocycles. The molecule has 27 heavy (non-hydrogen) atoms. The predicted octanol–water partition coefficient (Wildman–Crippen LogP) is 3.78. The fraction of sp³-hybridized carbons (Fsp3) is 0.391. The molecule has 1 spiro atoms. The van der Waals surface area contributed by atoms with Crippen LogP contribution in [0.4, 0.5) is 0 Å². The van der Waals surface area contributed by atoms with Crippen LogP contribution in [0.1, 0.15) is 52.0 Å². The van der Waals surface area contributed by atoms with E-state index in [-0.39, 0.29) is 11.3 Å². The van der Waals surface area contributed by atoms with Crippen molar-refractivity contribution in [2.24, 2.45) is 0 Å². The number of carbonyl (C=O) groups is 1. The lowest BCUT2D eigenvalue weighted by Crippen LogP contribution is -2.44. The minimum absolute atomic E-state index is 0.0548. The molecule has 2 aromatic rings. The van der Waals surface area contributed by atoms with Crippen LogP contribution in [0.2, 0.25) is 0 Å². The quantitative estimate of drug-likeness (QED) is 0.818. The molecule has 0 saturated carbocycles. The van der Waals surface area contributed by atoms with Gasteiger partial charge in [0.15, 0.2) is 0 Å². The zero-order chi connectivity index (χ0) is 18.4. The molecule has 2 heterocycles. The largest absolute Gasteiger partial charge is 0.480 e. The van der Waals surface area contributed by atoms with Gasteiger partial charge in [0.25, 0.3) is 5.91 Å². The van der Waals surface area contributed by atoms with Crippen LogP contribution < -0.4 is 4.74 Å². The number of aryl methyl sites for hydroxylation is 2. The highest BCUT2D eigenvalue weighted by Crippen LogP contribution is 2.44. The Morgan fingerprint density at radius 3 is 2.81 bits per heavy atom. The van der Waals surface area contributed by atoms with Crippen molar-refractivity contribution in [2.45, 2.75) is 37.5 Å². The number of benzene rings is 1. The summed E-state index contributed by atoms with van der Waals surface area (Å²) < 4.78 is 5.45. The molecule has 3 aliphatic rings. The Morgan fingerprint density at radius 2 is 2.00 bits per heavy atom. The highest BCUT2D eigenvalue weighted by Gasteiger charge is 2.39. The van der Waals surface area contributed by atoms with Gasteiger partial charge in [-0.05, 0) is 54.9 Å². The van der Waals surface area contributed by atoms with Crippen molar-refractivity contribution in [1.82, 2.24) is 9.88 Å². The number of hydrogen-bond acceptors (Lipinski definition) is 3. The third-order valence-corrected chi connectivity index (χ3v) is 6.46. The molecular formula is C23H24N2O2. The van der Waals surface area contributed by atoms with Gasteiger partial charge in [0.05, 0.1) is 7.11 Å². The standard InChI is InChI=1S/C23H24N2O2/c1-27-21-18(15-17-6-4-8-20(17)24-21)22(26)25-13-11-23(12-14-25)10-9-16-5-2-3-7-19(16)23/h2-3,5,7,9-10,15H,4,6,8,11-14H2,1H3. The van der Waals surface area contributed by atoms with Crippen LogP contribution in [0.15, 0.2) is 36.4 Å². The number of piperidine rings is 1. The summed E-state index contributed by atoms with van der Waals surface area (Å²) >= 11 is 0. The van der Waals surface area contributed by atoms with E-state index in [4.69, 9.17) is 4.74 Å². The lowest BCUT2D eigenvalue weighted by Gasteiger charge is -2.39. The molecule has 4 heteroatoms. The van der Waals surface area contributed by atoms with E-state index in [0.29, 0.717) is 11.4 Å². The number of hydrogen-bond donors (Lipinski definition) is 0. The van der Waals surface area contributed by atoms with E-state index in [1.807, 2.05) is 11.0 Å². The average molecular weight is 360 g/mol. The Kier molecular flexibility index (Phi) is 3.81. The second kappa shape index (κ2) is 6.22. The van der Waals surface area contributed by atoms with Crippen molar-refractivity contribution in [3.63, 3.8) is 0 Å². The van der Waals surface area contributed by atoms with E-state index in [2.05, 4.69) is 41.4 Å². The smallest absolute Gasteiger partial charge is 0.259 e. The summed E-state index contributed by atoms with van der Waals surface area (Å²) in [6, 6.07) is 10.6. The Balaban J connectivity index is 1.38. The van der Waals surface area contributed by atoms with Crippen LogP contribution in [0.3, 0.4) is 0 Å². The summed E-state index contributed by atoms with van der Waals surface area (Å²) in [7, 11) is 1.60. The molecule has 1 saturated heterocycles. The fourth-order valence-electron chi connectivity index (χ4n) is 4.91. The van der Waals surface area contributed by atoms with Gasteiger partial charge in [0, 0.05) is 24.2 Å². The van der Waals surface area contributed by atoms with Gasteiger partial charge in [0.1, 0.15) is 5.56 Å². The zero-order valence-corrected chi connectivity index (χ0v) is 15.7. The number of rotatable bonds is 2. The number of ether oxygens (including phenoxy) is 1. The van der Waals surface area contributed by atoms with Crippen molar-refractivity contribution in [3.05, 3.63) is 64.4 Å². The molecule has 0 bridgehead atoms. The Morgan fingerprint density at radius 1 is 1.19 bits per heavy atom. The number of aromatic nitrogens is 1. The van der Waals surface area contributed by atoms with Crippen LogP contribution in [0, 0.1) is 0 Å². The predicted molar refractivity (Wildman–Crippen MR) is 105 cm³/mol. The molecule has 1 amide bonds. The third kappa shape index (κ3) is 2.58. The molecule has 138 valence electrons. The van der Waals surface area contributed by atoms with Gasteiger partial charge in [0.2, 0.25) is 5.88 Å². The minimum Gasteiger partial charge on any atom is -0.480 e. The Labute approximate surface area is 159 Å². The Hall–Kier alpha value is -2.62. The molecule has 0 N–H and O–H groups in total. The second-order valence-electron chi connectivity index (χ2n) is 7.87. The molecule has 0 unspecified atom stereocenters. The normalized spacial score (nSPS) is 19.2. The molecule has 1 fully saturated rings. The maximum atomic E-state index is 13.2. The number of pyridine rings is 1. The van der Waals surface area contributed by atoms with Gasteiger partial charge in [-0.2, -0.15) is 0 Å². The fourth-order valence-corrected chi connectivity index (χ4v) is 4.91. The molecule has 1 aromatic carbocycles. The van der Waals surface area contributed by atoms with Gasteiger partial charge in [-0.15, -0.1) is 0 Å². The summed E-state index contributed by atoms with van der Waals surface area (Å²) in [6.07, 6.45) is 9.62. The van der Waals surface area contributed by atoms with Crippen molar-refractivity contribution in [2.75, 3.05) is 20.2 Å². The summed E-state index contributed by atoms with van der Waals surface area (Å²) in [4.78, 5) is 19.8. The number of carbonyl (C=O) groups excluding carboxylic acids is 1. The van der Waals surface area contributed by atoms with Gasteiger partial charge < -0.3 is 9.64 Å². The number of allylic oxidation sites excluding steroid dienone is 1. The minimum atomic E-state index is 0.0548. The first-order valence-corrected chi connectivity index (χ1v) is 9.85. The lowest BCUT2D eigenvalue weighted by atomic mass is 9.74. The number of likely N-dealkylation sites (tertiary alicyclic amines) is 1. The van der Waals surface area contributed by atoms with Crippen molar-refractivity contribution in [1.29, 1.82) is 0 Å². The van der Waals surface area contributed by atoms with Crippen molar-refractivity contribution >= 4 is 12.0 Å². The molecule has 2 aliphatic carbocycles. The SMILES string of the molecule is COc1nc2c(cc1C(=O)N1CCC3(C=Cc4ccccc43)CC1)CCC2. The average Bonchev–Trinajstić information content (AvgIpc) is 3.32. The third-order valence-electron chi connectivity index (χ3n) is 6.46. The lowest BCUT2D eigenvalue weighted by molar-refractivity contribution is 0.0686. The second-order valence-corrected chi connectivity index (χ2v) is 7.87. The summed E-state index contributed by atoms with van der Waals surface area (Å²) in [5.74, 6) is 0.534. The van der Waals surface area contributed by atoms with E-state index in [0.717, 1.165) is 50.9 Å². The van der Waals surface area contributed by atoms with Crippen LogP contribution in [-0.4, -0.2) is 36.0 Å². The van der Waals surface area contributed by atoms with Crippen LogP contribution in [-0.2, 0) is 18.3 Å². The first-order chi connectivity index (χ1) is 13.2.